The molecule has 104 valence electrons. The van der Waals surface area contributed by atoms with Crippen LogP contribution in [0.2, 0.25) is 0 Å². The van der Waals surface area contributed by atoms with Crippen LogP contribution in [0.1, 0.15) is 18.9 Å². The number of halogens is 1. The molecule has 0 aromatic heterocycles. The van der Waals surface area contributed by atoms with Crippen molar-refractivity contribution >= 4 is 11.5 Å². The first-order valence-electron chi connectivity index (χ1n) is 6.29. The molecule has 1 aliphatic rings. The van der Waals surface area contributed by atoms with Crippen molar-refractivity contribution in [2.45, 2.75) is 19.4 Å². The van der Waals surface area contributed by atoms with Crippen LogP contribution in [-0.2, 0) is 4.74 Å². The first kappa shape index (κ1) is 13.6. The van der Waals surface area contributed by atoms with Gasteiger partial charge in [0.05, 0.1) is 19.3 Å². The lowest BCUT2D eigenvalue weighted by Gasteiger charge is -2.37. The Bertz CT molecular complexity index is 479. The molecule has 19 heavy (non-hydrogen) atoms. The standard InChI is InChI=1S/C13H18FN3O2/c1-2-10-8-19-6-5-17(10)12-4-3-9(14)7-11(12)13(15)16-18/h3-4,7,10,18H,2,5-6,8H2,1H3,(H2,15,16). The van der Waals surface area contributed by atoms with E-state index in [1.54, 1.807) is 6.07 Å². The van der Waals surface area contributed by atoms with Gasteiger partial charge in [0.1, 0.15) is 5.82 Å². The van der Waals surface area contributed by atoms with Crippen molar-refractivity contribution in [2.75, 3.05) is 24.7 Å². The van der Waals surface area contributed by atoms with Crippen molar-refractivity contribution in [3.05, 3.63) is 29.6 Å². The number of hydrogen-bond donors (Lipinski definition) is 2. The largest absolute Gasteiger partial charge is 0.409 e. The van der Waals surface area contributed by atoms with Crippen molar-refractivity contribution < 1.29 is 14.3 Å². The molecule has 0 bridgehead atoms. The van der Waals surface area contributed by atoms with Crippen molar-refractivity contribution in [1.82, 2.24) is 0 Å². The SMILES string of the molecule is CCC1COCCN1c1ccc(F)cc1C(N)=NO. The Hall–Kier alpha value is -1.82. The van der Waals surface area contributed by atoms with Gasteiger partial charge in [-0.05, 0) is 24.6 Å². The maximum absolute atomic E-state index is 13.4. The zero-order valence-corrected chi connectivity index (χ0v) is 10.8. The molecule has 1 unspecified atom stereocenters. The average molecular weight is 267 g/mol. The molecule has 1 atom stereocenters. The number of benzene rings is 1. The first-order chi connectivity index (χ1) is 9.17. The normalized spacial score (nSPS) is 20.6. The number of rotatable bonds is 3. The van der Waals surface area contributed by atoms with E-state index in [0.29, 0.717) is 25.3 Å². The molecule has 1 saturated heterocycles. The lowest BCUT2D eigenvalue weighted by Crippen LogP contribution is -2.46. The number of nitrogens with two attached hydrogens (primary N) is 1. The van der Waals surface area contributed by atoms with Crippen LogP contribution in [-0.4, -0.2) is 36.8 Å². The molecule has 6 heteroatoms. The summed E-state index contributed by atoms with van der Waals surface area (Å²) >= 11 is 0. The molecule has 0 saturated carbocycles. The molecule has 0 aliphatic carbocycles. The highest BCUT2D eigenvalue weighted by molar-refractivity contribution is 6.02. The average Bonchev–Trinajstić information content (AvgIpc) is 2.46. The summed E-state index contributed by atoms with van der Waals surface area (Å²) in [4.78, 5) is 2.12. The fourth-order valence-corrected chi connectivity index (χ4v) is 2.33. The molecule has 1 aromatic carbocycles. The van der Waals surface area contributed by atoms with Gasteiger partial charge in [-0.15, -0.1) is 0 Å². The second kappa shape index (κ2) is 5.88. The molecule has 2 rings (SSSR count). The van der Waals surface area contributed by atoms with Gasteiger partial charge in [-0.1, -0.05) is 12.1 Å². The zero-order valence-electron chi connectivity index (χ0n) is 10.8. The quantitative estimate of drug-likeness (QED) is 0.377. The van der Waals surface area contributed by atoms with Gasteiger partial charge in [-0.25, -0.2) is 4.39 Å². The van der Waals surface area contributed by atoms with Gasteiger partial charge in [0.25, 0.3) is 0 Å². The number of amidine groups is 1. The van der Waals surface area contributed by atoms with Crippen LogP contribution in [0.25, 0.3) is 0 Å². The summed E-state index contributed by atoms with van der Waals surface area (Å²) in [6.45, 7) is 4.02. The second-order valence-electron chi connectivity index (χ2n) is 4.48. The lowest BCUT2D eigenvalue weighted by molar-refractivity contribution is 0.0930. The molecular weight excluding hydrogens is 249 g/mol. The van der Waals surface area contributed by atoms with Crippen LogP contribution < -0.4 is 10.6 Å². The number of morpholine rings is 1. The number of ether oxygens (including phenoxy) is 1. The summed E-state index contributed by atoms with van der Waals surface area (Å²) in [7, 11) is 0. The second-order valence-corrected chi connectivity index (χ2v) is 4.48. The minimum Gasteiger partial charge on any atom is -0.409 e. The fraction of sp³-hybridized carbons (Fsp3) is 0.462. The third kappa shape index (κ3) is 2.78. The van der Waals surface area contributed by atoms with E-state index in [-0.39, 0.29) is 11.9 Å². The monoisotopic (exact) mass is 267 g/mol. The summed E-state index contributed by atoms with van der Waals surface area (Å²) in [6, 6.07) is 4.54. The third-order valence-electron chi connectivity index (χ3n) is 3.35. The highest BCUT2D eigenvalue weighted by atomic mass is 19.1. The smallest absolute Gasteiger partial charge is 0.172 e. The summed E-state index contributed by atoms with van der Waals surface area (Å²) in [5.74, 6) is -0.498. The van der Waals surface area contributed by atoms with E-state index in [1.807, 2.05) is 0 Å². The van der Waals surface area contributed by atoms with Gasteiger partial charge in [-0.2, -0.15) is 0 Å². The van der Waals surface area contributed by atoms with Gasteiger partial charge in [0.15, 0.2) is 5.84 Å². The maximum atomic E-state index is 13.4. The Morgan fingerprint density at radius 3 is 3.11 bits per heavy atom. The van der Waals surface area contributed by atoms with E-state index in [2.05, 4.69) is 17.0 Å². The Kier molecular flexibility index (Phi) is 4.21. The molecular formula is C13H18FN3O2. The van der Waals surface area contributed by atoms with Crippen molar-refractivity contribution in [2.24, 2.45) is 10.9 Å². The summed E-state index contributed by atoms with van der Waals surface area (Å²) in [5.41, 5.74) is 6.81. The summed E-state index contributed by atoms with van der Waals surface area (Å²) in [6.07, 6.45) is 0.910. The van der Waals surface area contributed by atoms with Crippen molar-refractivity contribution in [1.29, 1.82) is 0 Å². The summed E-state index contributed by atoms with van der Waals surface area (Å²) < 4.78 is 18.8. The van der Waals surface area contributed by atoms with Crippen LogP contribution in [0.4, 0.5) is 10.1 Å². The molecule has 1 heterocycles. The summed E-state index contributed by atoms with van der Waals surface area (Å²) in [5, 5.41) is 11.8. The number of hydrogen-bond acceptors (Lipinski definition) is 4. The van der Waals surface area contributed by atoms with Crippen LogP contribution in [0.15, 0.2) is 23.4 Å². The first-order valence-corrected chi connectivity index (χ1v) is 6.29. The van der Waals surface area contributed by atoms with Gasteiger partial charge in [0, 0.05) is 17.8 Å². The Labute approximate surface area is 111 Å². The zero-order chi connectivity index (χ0) is 13.8. The Morgan fingerprint density at radius 1 is 1.63 bits per heavy atom. The van der Waals surface area contributed by atoms with E-state index >= 15 is 0 Å². The number of anilines is 1. The highest BCUT2D eigenvalue weighted by Gasteiger charge is 2.24. The topological polar surface area (TPSA) is 71.1 Å². The van der Waals surface area contributed by atoms with E-state index in [1.165, 1.54) is 12.1 Å². The number of oxime groups is 1. The van der Waals surface area contributed by atoms with Crippen LogP contribution >= 0.6 is 0 Å². The molecule has 0 spiro atoms. The lowest BCUT2D eigenvalue weighted by atomic mass is 10.1. The van der Waals surface area contributed by atoms with Gasteiger partial charge >= 0.3 is 0 Å². The van der Waals surface area contributed by atoms with E-state index in [9.17, 15) is 4.39 Å². The molecule has 0 radical (unpaired) electrons. The van der Waals surface area contributed by atoms with Crippen molar-refractivity contribution in [3.63, 3.8) is 0 Å². The van der Waals surface area contributed by atoms with Crippen LogP contribution in [0.5, 0.6) is 0 Å². The maximum Gasteiger partial charge on any atom is 0.172 e. The predicted molar refractivity (Wildman–Crippen MR) is 71.2 cm³/mol. The minimum atomic E-state index is -0.411. The van der Waals surface area contributed by atoms with Gasteiger partial charge in [-0.3, -0.25) is 0 Å². The van der Waals surface area contributed by atoms with E-state index in [0.717, 1.165) is 12.1 Å². The molecule has 1 aromatic rings. The number of nitrogens with zero attached hydrogens (tertiary/aromatic N) is 2. The van der Waals surface area contributed by atoms with Crippen molar-refractivity contribution in [3.8, 4) is 0 Å². The molecule has 1 fully saturated rings. The van der Waals surface area contributed by atoms with Gasteiger partial charge in [0.2, 0.25) is 0 Å². The molecule has 0 amide bonds. The van der Waals surface area contributed by atoms with E-state index < -0.39 is 5.82 Å². The van der Waals surface area contributed by atoms with Gasteiger partial charge < -0.3 is 20.6 Å². The molecule has 3 N–H and O–H groups in total. The fourth-order valence-electron chi connectivity index (χ4n) is 2.33. The molecule has 1 aliphatic heterocycles. The predicted octanol–water partition coefficient (Wildman–Crippen LogP) is 1.54. The Balaban J connectivity index is 2.42. The highest BCUT2D eigenvalue weighted by Crippen LogP contribution is 2.26. The van der Waals surface area contributed by atoms with E-state index in [4.69, 9.17) is 15.7 Å². The van der Waals surface area contributed by atoms with Crippen LogP contribution in [0.3, 0.4) is 0 Å². The molecule has 5 nitrogen and oxygen atoms in total. The minimum absolute atomic E-state index is 0.0872. The van der Waals surface area contributed by atoms with Crippen LogP contribution in [0, 0.1) is 5.82 Å². The third-order valence-corrected chi connectivity index (χ3v) is 3.35. The Morgan fingerprint density at radius 2 is 2.42 bits per heavy atom.